The molecule has 132 valence electrons. The van der Waals surface area contributed by atoms with Gasteiger partial charge < -0.3 is 5.32 Å². The van der Waals surface area contributed by atoms with E-state index >= 15 is 0 Å². The molecule has 0 atom stereocenters. The van der Waals surface area contributed by atoms with Crippen LogP contribution in [-0.2, 0) is 0 Å². The van der Waals surface area contributed by atoms with Crippen LogP contribution in [0.4, 0.5) is 5.69 Å². The Morgan fingerprint density at radius 1 is 0.889 bits per heavy atom. The second-order valence-electron chi connectivity index (χ2n) is 6.64. The summed E-state index contributed by atoms with van der Waals surface area (Å²) < 4.78 is 0. The zero-order valence-corrected chi connectivity index (χ0v) is 15.2. The first-order valence-electron chi connectivity index (χ1n) is 8.80. The highest BCUT2D eigenvalue weighted by Crippen LogP contribution is 2.25. The van der Waals surface area contributed by atoms with E-state index in [1.807, 2.05) is 68.4 Å². The van der Waals surface area contributed by atoms with Gasteiger partial charge in [0, 0.05) is 29.0 Å². The summed E-state index contributed by atoms with van der Waals surface area (Å²) in [5.74, 6) is -0.145. The maximum absolute atomic E-state index is 13.1. The Kier molecular flexibility index (Phi) is 4.38. The van der Waals surface area contributed by atoms with Crippen molar-refractivity contribution in [3.8, 4) is 11.3 Å². The van der Waals surface area contributed by atoms with Gasteiger partial charge in [0.2, 0.25) is 0 Å². The quantitative estimate of drug-likeness (QED) is 0.553. The molecule has 0 saturated heterocycles. The van der Waals surface area contributed by atoms with Crippen molar-refractivity contribution < 1.29 is 4.79 Å². The maximum atomic E-state index is 13.1. The van der Waals surface area contributed by atoms with E-state index in [-0.39, 0.29) is 5.91 Å². The average molecular weight is 353 g/mol. The number of rotatable bonds is 3. The molecule has 0 aliphatic rings. The number of hydrogen-bond acceptors (Lipinski definition) is 3. The van der Waals surface area contributed by atoms with Crippen molar-refractivity contribution in [2.45, 2.75) is 13.8 Å². The fraction of sp³-hybridized carbons (Fsp3) is 0.0870. The van der Waals surface area contributed by atoms with E-state index in [0.29, 0.717) is 5.56 Å². The molecule has 0 aliphatic carbocycles. The number of fused-ring (bicyclic) bond motifs is 1. The van der Waals surface area contributed by atoms with Crippen molar-refractivity contribution in [2.75, 3.05) is 5.32 Å². The Labute approximate surface area is 157 Å². The van der Waals surface area contributed by atoms with E-state index < -0.39 is 0 Å². The molecule has 2 heterocycles. The summed E-state index contributed by atoms with van der Waals surface area (Å²) in [5, 5.41) is 3.86. The highest BCUT2D eigenvalue weighted by Gasteiger charge is 2.14. The standard InChI is InChI=1S/C23H19N3O/c1-15-11-16(2)13-18(12-15)25-23(27)20-14-22(17-7-9-24-10-8-17)26-21-6-4-3-5-19(20)21/h3-14H,1-2H3,(H,25,27). The normalized spacial score (nSPS) is 10.7. The lowest BCUT2D eigenvalue weighted by Crippen LogP contribution is -2.13. The van der Waals surface area contributed by atoms with Gasteiger partial charge in [-0.2, -0.15) is 0 Å². The Balaban J connectivity index is 1.81. The van der Waals surface area contributed by atoms with E-state index in [0.717, 1.165) is 39.0 Å². The zero-order valence-electron chi connectivity index (χ0n) is 15.2. The summed E-state index contributed by atoms with van der Waals surface area (Å²) >= 11 is 0. The van der Waals surface area contributed by atoms with Crippen LogP contribution < -0.4 is 5.32 Å². The third-order valence-corrected chi connectivity index (χ3v) is 4.42. The molecular weight excluding hydrogens is 334 g/mol. The van der Waals surface area contributed by atoms with E-state index in [4.69, 9.17) is 4.98 Å². The molecule has 2 aromatic heterocycles. The topological polar surface area (TPSA) is 54.9 Å². The van der Waals surface area contributed by atoms with Crippen LogP contribution in [-0.4, -0.2) is 15.9 Å². The Morgan fingerprint density at radius 2 is 1.59 bits per heavy atom. The van der Waals surface area contributed by atoms with Gasteiger partial charge in [-0.25, -0.2) is 4.98 Å². The summed E-state index contributed by atoms with van der Waals surface area (Å²) in [5.41, 5.74) is 6.09. The molecule has 2 aromatic carbocycles. The van der Waals surface area contributed by atoms with Gasteiger partial charge in [-0.05, 0) is 61.4 Å². The largest absolute Gasteiger partial charge is 0.322 e. The molecular formula is C23H19N3O. The van der Waals surface area contributed by atoms with E-state index in [9.17, 15) is 4.79 Å². The van der Waals surface area contributed by atoms with Crippen LogP contribution in [0, 0.1) is 13.8 Å². The predicted molar refractivity (Wildman–Crippen MR) is 109 cm³/mol. The van der Waals surface area contributed by atoms with Gasteiger partial charge >= 0.3 is 0 Å². The highest BCUT2D eigenvalue weighted by atomic mass is 16.1. The van der Waals surface area contributed by atoms with Gasteiger partial charge in [-0.3, -0.25) is 9.78 Å². The summed E-state index contributed by atoms with van der Waals surface area (Å²) in [7, 11) is 0. The highest BCUT2D eigenvalue weighted by molar-refractivity contribution is 6.13. The number of nitrogens with one attached hydrogen (secondary N) is 1. The Morgan fingerprint density at radius 3 is 2.33 bits per heavy atom. The number of benzene rings is 2. The van der Waals surface area contributed by atoms with Crippen molar-refractivity contribution >= 4 is 22.5 Å². The molecule has 0 saturated carbocycles. The van der Waals surface area contributed by atoms with Crippen LogP contribution in [0.1, 0.15) is 21.5 Å². The van der Waals surface area contributed by atoms with Gasteiger partial charge in [0.05, 0.1) is 16.8 Å². The number of carbonyl (C=O) groups excluding carboxylic acids is 1. The lowest BCUT2D eigenvalue weighted by Gasteiger charge is -2.11. The van der Waals surface area contributed by atoms with Crippen molar-refractivity contribution in [1.82, 2.24) is 9.97 Å². The van der Waals surface area contributed by atoms with E-state index in [2.05, 4.69) is 16.4 Å². The number of pyridine rings is 2. The lowest BCUT2D eigenvalue weighted by molar-refractivity contribution is 0.102. The monoisotopic (exact) mass is 353 g/mol. The van der Waals surface area contributed by atoms with Gasteiger partial charge in [-0.1, -0.05) is 24.3 Å². The fourth-order valence-electron chi connectivity index (χ4n) is 3.28. The molecule has 0 aliphatic heterocycles. The first kappa shape index (κ1) is 16.9. The van der Waals surface area contributed by atoms with E-state index in [1.165, 1.54) is 0 Å². The molecule has 4 rings (SSSR count). The summed E-state index contributed by atoms with van der Waals surface area (Å²) in [6.45, 7) is 4.04. The van der Waals surface area contributed by atoms with Crippen molar-refractivity contribution in [3.63, 3.8) is 0 Å². The average Bonchev–Trinajstić information content (AvgIpc) is 2.67. The Bertz CT molecular complexity index is 1120. The molecule has 1 amide bonds. The van der Waals surface area contributed by atoms with Crippen LogP contribution in [0.3, 0.4) is 0 Å². The number of para-hydroxylation sites is 1. The fourth-order valence-corrected chi connectivity index (χ4v) is 3.28. The SMILES string of the molecule is Cc1cc(C)cc(NC(=O)c2cc(-c3ccncc3)nc3ccccc23)c1. The van der Waals surface area contributed by atoms with Gasteiger partial charge in [0.15, 0.2) is 0 Å². The summed E-state index contributed by atoms with van der Waals surface area (Å²) in [6.07, 6.45) is 3.45. The first-order valence-corrected chi connectivity index (χ1v) is 8.80. The van der Waals surface area contributed by atoms with Crippen molar-refractivity contribution in [2.24, 2.45) is 0 Å². The van der Waals surface area contributed by atoms with Gasteiger partial charge in [-0.15, -0.1) is 0 Å². The number of hydrogen-bond donors (Lipinski definition) is 1. The minimum Gasteiger partial charge on any atom is -0.322 e. The minimum atomic E-state index is -0.145. The van der Waals surface area contributed by atoms with Crippen molar-refractivity contribution in [1.29, 1.82) is 0 Å². The molecule has 4 heteroatoms. The van der Waals surface area contributed by atoms with Gasteiger partial charge in [0.1, 0.15) is 0 Å². The third kappa shape index (κ3) is 3.55. The van der Waals surface area contributed by atoms with Crippen LogP contribution in [0.15, 0.2) is 73.1 Å². The summed E-state index contributed by atoms with van der Waals surface area (Å²) in [6, 6.07) is 19.3. The maximum Gasteiger partial charge on any atom is 0.256 e. The van der Waals surface area contributed by atoms with Crippen LogP contribution in [0.5, 0.6) is 0 Å². The molecule has 0 unspecified atom stereocenters. The molecule has 0 radical (unpaired) electrons. The smallest absolute Gasteiger partial charge is 0.256 e. The number of amides is 1. The van der Waals surface area contributed by atoms with Crippen LogP contribution in [0.2, 0.25) is 0 Å². The number of aromatic nitrogens is 2. The predicted octanol–water partition coefficient (Wildman–Crippen LogP) is 5.17. The number of aryl methyl sites for hydroxylation is 2. The molecule has 0 bridgehead atoms. The minimum absolute atomic E-state index is 0.145. The molecule has 4 nitrogen and oxygen atoms in total. The van der Waals surface area contributed by atoms with Crippen LogP contribution >= 0.6 is 0 Å². The molecule has 0 fully saturated rings. The molecule has 1 N–H and O–H groups in total. The number of anilines is 1. The second kappa shape index (κ2) is 7.00. The first-order chi connectivity index (χ1) is 13.1. The molecule has 0 spiro atoms. The Hall–Kier alpha value is -3.53. The molecule has 27 heavy (non-hydrogen) atoms. The number of nitrogens with zero attached hydrogens (tertiary/aromatic N) is 2. The third-order valence-electron chi connectivity index (χ3n) is 4.42. The van der Waals surface area contributed by atoms with Crippen LogP contribution in [0.25, 0.3) is 22.2 Å². The zero-order chi connectivity index (χ0) is 18.8. The van der Waals surface area contributed by atoms with E-state index in [1.54, 1.807) is 12.4 Å². The molecule has 4 aromatic rings. The van der Waals surface area contributed by atoms with Gasteiger partial charge in [0.25, 0.3) is 5.91 Å². The number of carbonyl (C=O) groups is 1. The lowest BCUT2D eigenvalue weighted by atomic mass is 10.0. The second-order valence-corrected chi connectivity index (χ2v) is 6.64. The van der Waals surface area contributed by atoms with Crippen molar-refractivity contribution in [3.05, 3.63) is 89.7 Å². The summed E-state index contributed by atoms with van der Waals surface area (Å²) in [4.78, 5) is 21.9.